The standard InChI is InChI=1S/C23H27NO4S/c1-3-28-22(27)23(14-12-18-8-5-4-6-9-18)13-7-15-24(16-23)21(26)20-11-10-19(29-20)17(2)25/h4-6,8-11H,3,7,12-16H2,1-2H3. The molecule has 1 aliphatic heterocycles. The van der Waals surface area contributed by atoms with Crippen molar-refractivity contribution in [1.82, 2.24) is 4.90 Å². The third-order valence-electron chi connectivity index (χ3n) is 5.47. The van der Waals surface area contributed by atoms with Crippen molar-refractivity contribution < 1.29 is 19.1 Å². The van der Waals surface area contributed by atoms with Crippen molar-refractivity contribution in [3.8, 4) is 0 Å². The minimum Gasteiger partial charge on any atom is -0.466 e. The van der Waals surface area contributed by atoms with Crippen LogP contribution in [0, 0.1) is 5.41 Å². The fourth-order valence-electron chi connectivity index (χ4n) is 3.89. The molecule has 1 aliphatic rings. The average Bonchev–Trinajstić information content (AvgIpc) is 3.23. The van der Waals surface area contributed by atoms with Gasteiger partial charge in [0.2, 0.25) is 0 Å². The highest BCUT2D eigenvalue weighted by Crippen LogP contribution is 2.37. The lowest BCUT2D eigenvalue weighted by Gasteiger charge is -2.41. The smallest absolute Gasteiger partial charge is 0.313 e. The van der Waals surface area contributed by atoms with Crippen molar-refractivity contribution >= 4 is 29.0 Å². The maximum absolute atomic E-state index is 13.1. The maximum atomic E-state index is 13.1. The van der Waals surface area contributed by atoms with Crippen LogP contribution in [0.15, 0.2) is 42.5 Å². The van der Waals surface area contributed by atoms with Gasteiger partial charge < -0.3 is 9.64 Å². The van der Waals surface area contributed by atoms with Gasteiger partial charge in [-0.1, -0.05) is 30.3 Å². The van der Waals surface area contributed by atoms with Crippen LogP contribution in [-0.2, 0) is 16.0 Å². The van der Waals surface area contributed by atoms with Gasteiger partial charge in [-0.05, 0) is 57.2 Å². The van der Waals surface area contributed by atoms with E-state index < -0.39 is 5.41 Å². The zero-order valence-corrected chi connectivity index (χ0v) is 17.8. The summed E-state index contributed by atoms with van der Waals surface area (Å²) in [7, 11) is 0. The molecule has 3 rings (SSSR count). The Morgan fingerprint density at radius 1 is 1.10 bits per heavy atom. The summed E-state index contributed by atoms with van der Waals surface area (Å²) < 4.78 is 5.42. The van der Waals surface area contributed by atoms with E-state index in [1.54, 1.807) is 17.0 Å². The van der Waals surface area contributed by atoms with Crippen LogP contribution in [0.1, 0.15) is 58.0 Å². The summed E-state index contributed by atoms with van der Waals surface area (Å²) >= 11 is 1.21. The molecule has 2 heterocycles. The van der Waals surface area contributed by atoms with E-state index >= 15 is 0 Å². The number of esters is 1. The molecule has 1 amide bonds. The number of ether oxygens (including phenoxy) is 1. The zero-order chi connectivity index (χ0) is 20.9. The molecule has 6 heteroatoms. The first-order valence-electron chi connectivity index (χ1n) is 10.1. The quantitative estimate of drug-likeness (QED) is 0.499. The number of carbonyl (C=O) groups is 3. The highest BCUT2D eigenvalue weighted by molar-refractivity contribution is 7.15. The number of likely N-dealkylation sites (tertiary alicyclic amines) is 1. The molecule has 0 radical (unpaired) electrons. The second kappa shape index (κ2) is 9.35. The van der Waals surface area contributed by atoms with E-state index in [9.17, 15) is 14.4 Å². The average molecular weight is 414 g/mol. The van der Waals surface area contributed by atoms with E-state index in [2.05, 4.69) is 12.1 Å². The lowest BCUT2D eigenvalue weighted by molar-refractivity contribution is -0.159. The summed E-state index contributed by atoms with van der Waals surface area (Å²) in [4.78, 5) is 40.4. The summed E-state index contributed by atoms with van der Waals surface area (Å²) in [5.74, 6) is -0.379. The summed E-state index contributed by atoms with van der Waals surface area (Å²) in [6, 6.07) is 13.5. The normalized spacial score (nSPS) is 19.0. The van der Waals surface area contributed by atoms with Gasteiger partial charge in [0, 0.05) is 13.1 Å². The monoisotopic (exact) mass is 413 g/mol. The van der Waals surface area contributed by atoms with Crippen molar-refractivity contribution in [3.05, 3.63) is 57.8 Å². The first-order chi connectivity index (χ1) is 13.9. The predicted octanol–water partition coefficient (Wildman–Crippen LogP) is 4.37. The fourth-order valence-corrected chi connectivity index (χ4v) is 4.76. The molecule has 1 fully saturated rings. The largest absolute Gasteiger partial charge is 0.466 e. The molecule has 2 aromatic rings. The molecule has 1 aromatic carbocycles. The Hall–Kier alpha value is -2.47. The molecule has 154 valence electrons. The molecule has 1 unspecified atom stereocenters. The summed E-state index contributed by atoms with van der Waals surface area (Å²) in [6.07, 6.45) is 2.87. The van der Waals surface area contributed by atoms with Crippen LogP contribution in [0.3, 0.4) is 0 Å². The van der Waals surface area contributed by atoms with Gasteiger partial charge in [0.15, 0.2) is 5.78 Å². The number of Topliss-reactive ketones (excluding diaryl/α,β-unsaturated/α-hetero) is 1. The minimum absolute atomic E-state index is 0.0450. The number of aryl methyl sites for hydroxylation is 1. The highest BCUT2D eigenvalue weighted by atomic mass is 32.1. The summed E-state index contributed by atoms with van der Waals surface area (Å²) in [6.45, 7) is 4.59. The van der Waals surface area contributed by atoms with Crippen LogP contribution in [0.25, 0.3) is 0 Å². The van der Waals surface area contributed by atoms with Gasteiger partial charge >= 0.3 is 5.97 Å². The van der Waals surface area contributed by atoms with Crippen LogP contribution in [0.5, 0.6) is 0 Å². The van der Waals surface area contributed by atoms with Crippen LogP contribution in [0.4, 0.5) is 0 Å². The predicted molar refractivity (Wildman–Crippen MR) is 113 cm³/mol. The summed E-state index contributed by atoms with van der Waals surface area (Å²) in [5.41, 5.74) is 0.476. The van der Waals surface area contributed by atoms with Crippen molar-refractivity contribution in [3.63, 3.8) is 0 Å². The van der Waals surface area contributed by atoms with Gasteiger partial charge in [-0.3, -0.25) is 14.4 Å². The van der Waals surface area contributed by atoms with E-state index in [-0.39, 0.29) is 17.7 Å². The molecular formula is C23H27NO4S. The van der Waals surface area contributed by atoms with Gasteiger partial charge in [0.1, 0.15) is 0 Å². The number of nitrogens with zero attached hydrogens (tertiary/aromatic N) is 1. The van der Waals surface area contributed by atoms with E-state index in [0.29, 0.717) is 42.3 Å². The molecule has 0 saturated carbocycles. The van der Waals surface area contributed by atoms with E-state index in [4.69, 9.17) is 4.74 Å². The first-order valence-corrected chi connectivity index (χ1v) is 10.9. The van der Waals surface area contributed by atoms with Crippen molar-refractivity contribution in [2.45, 2.75) is 39.5 Å². The highest BCUT2D eigenvalue weighted by Gasteiger charge is 2.44. The SMILES string of the molecule is CCOC(=O)C1(CCc2ccccc2)CCCN(C(=O)c2ccc(C(C)=O)s2)C1. The van der Waals surface area contributed by atoms with Crippen LogP contribution < -0.4 is 0 Å². The Bertz CT molecular complexity index is 876. The van der Waals surface area contributed by atoms with E-state index in [1.807, 2.05) is 25.1 Å². The molecule has 0 N–H and O–H groups in total. The number of benzene rings is 1. The Morgan fingerprint density at radius 2 is 1.83 bits per heavy atom. The number of piperidine rings is 1. The van der Waals surface area contributed by atoms with E-state index in [1.165, 1.54) is 23.8 Å². The number of ketones is 1. The maximum Gasteiger partial charge on any atom is 0.313 e. The first kappa shape index (κ1) is 21.2. The van der Waals surface area contributed by atoms with Crippen LogP contribution >= 0.6 is 11.3 Å². The number of hydrogen-bond donors (Lipinski definition) is 0. The number of hydrogen-bond acceptors (Lipinski definition) is 5. The third-order valence-corrected chi connectivity index (χ3v) is 6.65. The van der Waals surface area contributed by atoms with E-state index in [0.717, 1.165) is 12.8 Å². The molecular weight excluding hydrogens is 386 g/mol. The molecule has 0 bridgehead atoms. The molecule has 1 atom stereocenters. The number of amides is 1. The number of carbonyl (C=O) groups excluding carboxylic acids is 3. The second-order valence-electron chi connectivity index (χ2n) is 7.54. The Balaban J connectivity index is 1.79. The molecule has 0 aliphatic carbocycles. The molecule has 29 heavy (non-hydrogen) atoms. The lowest BCUT2D eigenvalue weighted by Crippen LogP contribution is -2.50. The van der Waals surface area contributed by atoms with Gasteiger partial charge in [0.05, 0.1) is 21.8 Å². The third kappa shape index (κ3) is 4.93. The summed E-state index contributed by atoms with van der Waals surface area (Å²) in [5, 5.41) is 0. The molecule has 0 spiro atoms. The Kier molecular flexibility index (Phi) is 6.85. The van der Waals surface area contributed by atoms with Crippen LogP contribution in [-0.4, -0.2) is 42.3 Å². The fraction of sp³-hybridized carbons (Fsp3) is 0.435. The lowest BCUT2D eigenvalue weighted by atomic mass is 9.75. The Labute approximate surface area is 175 Å². The van der Waals surface area contributed by atoms with Gasteiger partial charge in [-0.2, -0.15) is 0 Å². The Morgan fingerprint density at radius 3 is 2.48 bits per heavy atom. The van der Waals surface area contributed by atoms with Gasteiger partial charge in [-0.25, -0.2) is 0 Å². The zero-order valence-electron chi connectivity index (χ0n) is 17.0. The minimum atomic E-state index is -0.694. The topological polar surface area (TPSA) is 63.7 Å². The van der Waals surface area contributed by atoms with Crippen LogP contribution in [0.2, 0.25) is 0 Å². The number of rotatable bonds is 7. The number of thiophene rings is 1. The van der Waals surface area contributed by atoms with Crippen molar-refractivity contribution in [2.75, 3.05) is 19.7 Å². The van der Waals surface area contributed by atoms with Crippen molar-refractivity contribution in [1.29, 1.82) is 0 Å². The van der Waals surface area contributed by atoms with Crippen molar-refractivity contribution in [2.24, 2.45) is 5.41 Å². The van der Waals surface area contributed by atoms with Gasteiger partial charge in [-0.15, -0.1) is 11.3 Å². The second-order valence-corrected chi connectivity index (χ2v) is 8.62. The van der Waals surface area contributed by atoms with Gasteiger partial charge in [0.25, 0.3) is 5.91 Å². The molecule has 1 aromatic heterocycles. The molecule has 1 saturated heterocycles. The molecule has 5 nitrogen and oxygen atoms in total.